The molecule has 1 heterocycles. The first-order valence-electron chi connectivity index (χ1n) is 3.95. The molecule has 0 spiro atoms. The van der Waals surface area contributed by atoms with Crippen LogP contribution in [0.15, 0.2) is 0 Å². The van der Waals surface area contributed by atoms with Crippen LogP contribution in [-0.4, -0.2) is 36.1 Å². The molecule has 0 aromatic carbocycles. The first-order chi connectivity index (χ1) is 5.24. The average molecular weight is 162 g/mol. The molecule has 0 aromatic rings. The highest BCUT2D eigenvalue weighted by atomic mass is 16.5. The summed E-state index contributed by atoms with van der Waals surface area (Å²) in [4.78, 5) is 0. The molecule has 0 radical (unpaired) electrons. The van der Waals surface area contributed by atoms with Crippen molar-refractivity contribution >= 4 is 0 Å². The van der Waals surface area contributed by atoms with Gasteiger partial charge >= 0.3 is 0 Å². The molecule has 1 aliphatic rings. The molecule has 0 bridgehead atoms. The molecule has 3 nitrogen and oxygen atoms in total. The molecule has 0 aromatic heterocycles. The predicted octanol–water partition coefficient (Wildman–Crippen LogP) is 0.401. The van der Waals surface area contributed by atoms with E-state index in [1.54, 1.807) is 0 Å². The van der Waals surface area contributed by atoms with Crippen molar-refractivity contribution < 1.29 is 14.9 Å². The van der Waals surface area contributed by atoms with Gasteiger partial charge in [0.05, 0.1) is 18.8 Å². The quantitative estimate of drug-likeness (QED) is 0.587. The summed E-state index contributed by atoms with van der Waals surface area (Å²) in [6, 6.07) is 0. The molecule has 0 amide bonds. The lowest BCUT2D eigenvalue weighted by Gasteiger charge is -2.06. The molecule has 1 rings (SSSR count). The van der Waals surface area contributed by atoms with E-state index in [9.17, 15) is 0 Å². The summed E-state index contributed by atoms with van der Waals surface area (Å²) in [5.41, 5.74) is 0. The Morgan fingerprint density at radius 3 is 2.09 bits per heavy atom. The van der Waals surface area contributed by atoms with Gasteiger partial charge in [0.2, 0.25) is 0 Å². The van der Waals surface area contributed by atoms with Crippen LogP contribution in [0.25, 0.3) is 0 Å². The normalized spacial score (nSPS) is 36.3. The maximum absolute atomic E-state index is 8.68. The third kappa shape index (κ3) is 3.18. The lowest BCUT2D eigenvalue weighted by molar-refractivity contribution is 0.0150. The highest BCUT2D eigenvalue weighted by Gasteiger charge is 2.27. The minimum atomic E-state index is 0.106. The van der Waals surface area contributed by atoms with Gasteiger partial charge in [-0.2, -0.15) is 0 Å². The van der Waals surface area contributed by atoms with Crippen molar-refractivity contribution in [2.24, 2.45) is 5.92 Å². The summed E-state index contributed by atoms with van der Waals surface area (Å²) in [5.74, 6) is 0.613. The number of hydrogen-bond acceptors (Lipinski definition) is 3. The van der Waals surface area contributed by atoms with Crippen LogP contribution in [0.2, 0.25) is 0 Å². The van der Waals surface area contributed by atoms with Gasteiger partial charge in [0.25, 0.3) is 0 Å². The third-order valence-electron chi connectivity index (χ3n) is 2.05. The summed E-state index contributed by atoms with van der Waals surface area (Å²) >= 11 is 0. The molecular weight excluding hydrogens is 144 g/mol. The number of aliphatic hydroxyl groups is 2. The molecule has 3 heteroatoms. The summed E-state index contributed by atoms with van der Waals surface area (Å²) in [7, 11) is 1.00. The molecule has 0 saturated carbocycles. The Morgan fingerprint density at radius 2 is 1.91 bits per heavy atom. The fourth-order valence-electron chi connectivity index (χ4n) is 1.22. The highest BCUT2D eigenvalue weighted by molar-refractivity contribution is 4.75. The summed E-state index contributed by atoms with van der Waals surface area (Å²) in [6.45, 7) is 4.38. The zero-order valence-electron chi connectivity index (χ0n) is 7.45. The molecule has 0 aliphatic carbocycles. The SMILES string of the molecule is CC1O[C@H](CO)C[C@H]1C.CO. The molecular formula is C8H18O3. The smallest absolute Gasteiger partial charge is 0.0813 e. The van der Waals surface area contributed by atoms with E-state index >= 15 is 0 Å². The van der Waals surface area contributed by atoms with Crippen molar-refractivity contribution in [3.05, 3.63) is 0 Å². The predicted molar refractivity (Wildman–Crippen MR) is 43.3 cm³/mol. The van der Waals surface area contributed by atoms with E-state index in [0.717, 1.165) is 13.5 Å². The van der Waals surface area contributed by atoms with Gasteiger partial charge in [-0.25, -0.2) is 0 Å². The molecule has 68 valence electrons. The Balaban J connectivity index is 0.000000461. The Labute approximate surface area is 68.0 Å². The van der Waals surface area contributed by atoms with Gasteiger partial charge < -0.3 is 14.9 Å². The van der Waals surface area contributed by atoms with E-state index in [1.807, 2.05) is 0 Å². The van der Waals surface area contributed by atoms with E-state index in [0.29, 0.717) is 12.0 Å². The van der Waals surface area contributed by atoms with Gasteiger partial charge in [-0.05, 0) is 19.3 Å². The van der Waals surface area contributed by atoms with E-state index in [1.165, 1.54) is 0 Å². The van der Waals surface area contributed by atoms with E-state index < -0.39 is 0 Å². The van der Waals surface area contributed by atoms with Gasteiger partial charge in [-0.3, -0.25) is 0 Å². The molecule has 11 heavy (non-hydrogen) atoms. The largest absolute Gasteiger partial charge is 0.400 e. The lowest BCUT2D eigenvalue weighted by atomic mass is 10.0. The van der Waals surface area contributed by atoms with Crippen LogP contribution in [0, 0.1) is 5.92 Å². The van der Waals surface area contributed by atoms with Gasteiger partial charge in [-0.15, -0.1) is 0 Å². The Morgan fingerprint density at radius 1 is 1.36 bits per heavy atom. The second-order valence-corrected chi connectivity index (χ2v) is 2.86. The van der Waals surface area contributed by atoms with Crippen molar-refractivity contribution in [2.75, 3.05) is 13.7 Å². The van der Waals surface area contributed by atoms with Gasteiger partial charge in [0, 0.05) is 7.11 Å². The zero-order valence-corrected chi connectivity index (χ0v) is 7.45. The van der Waals surface area contributed by atoms with Crippen molar-refractivity contribution in [3.63, 3.8) is 0 Å². The fourth-order valence-corrected chi connectivity index (χ4v) is 1.22. The number of rotatable bonds is 1. The maximum Gasteiger partial charge on any atom is 0.0813 e. The van der Waals surface area contributed by atoms with Crippen LogP contribution in [0.5, 0.6) is 0 Å². The number of hydrogen-bond donors (Lipinski definition) is 2. The van der Waals surface area contributed by atoms with Crippen LogP contribution in [0.3, 0.4) is 0 Å². The number of aliphatic hydroxyl groups excluding tert-OH is 2. The summed E-state index contributed by atoms with van der Waals surface area (Å²) in [6.07, 6.45) is 1.45. The van der Waals surface area contributed by atoms with Crippen LogP contribution < -0.4 is 0 Å². The zero-order chi connectivity index (χ0) is 8.85. The highest BCUT2D eigenvalue weighted by Crippen LogP contribution is 2.24. The van der Waals surface area contributed by atoms with E-state index in [4.69, 9.17) is 14.9 Å². The lowest BCUT2D eigenvalue weighted by Crippen LogP contribution is -2.12. The second kappa shape index (κ2) is 5.52. The first kappa shape index (κ1) is 10.9. The van der Waals surface area contributed by atoms with E-state index in [2.05, 4.69) is 13.8 Å². The van der Waals surface area contributed by atoms with Gasteiger partial charge in [-0.1, -0.05) is 6.92 Å². The van der Waals surface area contributed by atoms with Crippen molar-refractivity contribution in [1.82, 2.24) is 0 Å². The minimum absolute atomic E-state index is 0.106. The van der Waals surface area contributed by atoms with Crippen molar-refractivity contribution in [1.29, 1.82) is 0 Å². The maximum atomic E-state index is 8.68. The topological polar surface area (TPSA) is 49.7 Å². The average Bonchev–Trinajstić information content (AvgIpc) is 2.36. The number of ether oxygens (including phenoxy) is 1. The van der Waals surface area contributed by atoms with Crippen LogP contribution in [-0.2, 0) is 4.74 Å². The van der Waals surface area contributed by atoms with E-state index in [-0.39, 0.29) is 12.7 Å². The van der Waals surface area contributed by atoms with Gasteiger partial charge in [0.1, 0.15) is 0 Å². The Kier molecular flexibility index (Phi) is 5.46. The summed E-state index contributed by atoms with van der Waals surface area (Å²) < 4.78 is 5.37. The molecule has 1 saturated heterocycles. The Hall–Kier alpha value is -0.120. The standard InChI is InChI=1S/C7H14O2.CH4O/c1-5-3-7(4-8)9-6(5)2;1-2/h5-8H,3-4H2,1-2H3;2H,1H3/t5-,6?,7+;/m1./s1. The molecule has 1 unspecified atom stereocenters. The third-order valence-corrected chi connectivity index (χ3v) is 2.05. The minimum Gasteiger partial charge on any atom is -0.400 e. The van der Waals surface area contributed by atoms with Crippen molar-refractivity contribution in [3.8, 4) is 0 Å². The van der Waals surface area contributed by atoms with Crippen LogP contribution in [0.4, 0.5) is 0 Å². The fraction of sp³-hybridized carbons (Fsp3) is 1.00. The molecule has 2 N–H and O–H groups in total. The first-order valence-corrected chi connectivity index (χ1v) is 3.95. The summed E-state index contributed by atoms with van der Waals surface area (Å²) in [5, 5.41) is 15.7. The molecule has 3 atom stereocenters. The van der Waals surface area contributed by atoms with Gasteiger partial charge in [0.15, 0.2) is 0 Å². The Bertz CT molecular complexity index is 85.3. The molecule has 1 aliphatic heterocycles. The van der Waals surface area contributed by atoms with Crippen LogP contribution in [0.1, 0.15) is 20.3 Å². The second-order valence-electron chi connectivity index (χ2n) is 2.86. The van der Waals surface area contributed by atoms with Crippen LogP contribution >= 0.6 is 0 Å². The van der Waals surface area contributed by atoms with Crippen molar-refractivity contribution in [2.45, 2.75) is 32.5 Å². The molecule has 1 fully saturated rings. The monoisotopic (exact) mass is 162 g/mol.